The topological polar surface area (TPSA) is 51.0 Å². The van der Waals surface area contributed by atoms with Gasteiger partial charge in [-0.3, -0.25) is 0 Å². The van der Waals surface area contributed by atoms with E-state index in [0.29, 0.717) is 6.61 Å². The molecular formula is C13H16N2O2. The molecule has 17 heavy (non-hydrogen) atoms. The molecule has 90 valence electrons. The number of esters is 1. The average molecular weight is 232 g/mol. The Hall–Kier alpha value is -1.97. The van der Waals surface area contributed by atoms with Crippen molar-refractivity contribution in [3.8, 4) is 0 Å². The Morgan fingerprint density at radius 3 is 2.59 bits per heavy atom. The fraction of sp³-hybridized carbons (Fsp3) is 0.308. The number of benzene rings is 1. The molecule has 0 aliphatic carbocycles. The molecule has 0 saturated heterocycles. The third-order valence-electron chi connectivity index (χ3n) is 2.06. The molecule has 0 unspecified atom stereocenters. The molecule has 1 rings (SSSR count). The zero-order chi connectivity index (χ0) is 12.7. The SMILES string of the molecule is CCOC(=O)/C(C)=N/N=C/c1ccc(C)cc1. The van der Waals surface area contributed by atoms with Gasteiger partial charge in [-0.1, -0.05) is 29.8 Å². The highest BCUT2D eigenvalue weighted by molar-refractivity contribution is 6.35. The predicted molar refractivity (Wildman–Crippen MR) is 68.5 cm³/mol. The third kappa shape index (κ3) is 4.59. The smallest absolute Gasteiger partial charge is 0.354 e. The predicted octanol–water partition coefficient (Wildman–Crippen LogP) is 2.35. The molecule has 0 N–H and O–H groups in total. The second kappa shape index (κ2) is 6.58. The summed E-state index contributed by atoms with van der Waals surface area (Å²) in [4.78, 5) is 11.2. The van der Waals surface area contributed by atoms with E-state index < -0.39 is 5.97 Å². The summed E-state index contributed by atoms with van der Waals surface area (Å²) in [5, 5.41) is 7.61. The number of carbonyl (C=O) groups excluding carboxylic acids is 1. The Labute approximate surface area is 101 Å². The maximum atomic E-state index is 11.2. The van der Waals surface area contributed by atoms with Crippen LogP contribution >= 0.6 is 0 Å². The van der Waals surface area contributed by atoms with Gasteiger partial charge in [0.25, 0.3) is 0 Å². The Balaban J connectivity index is 2.63. The number of hydrogen-bond acceptors (Lipinski definition) is 4. The van der Waals surface area contributed by atoms with E-state index in [2.05, 4.69) is 10.2 Å². The van der Waals surface area contributed by atoms with E-state index in [0.717, 1.165) is 5.56 Å². The summed E-state index contributed by atoms with van der Waals surface area (Å²) in [6, 6.07) is 7.86. The Morgan fingerprint density at radius 2 is 2.00 bits per heavy atom. The van der Waals surface area contributed by atoms with Gasteiger partial charge in [0.1, 0.15) is 5.71 Å². The second-order valence-electron chi connectivity index (χ2n) is 3.56. The van der Waals surface area contributed by atoms with Crippen molar-refractivity contribution in [2.24, 2.45) is 10.2 Å². The van der Waals surface area contributed by atoms with Gasteiger partial charge in [-0.25, -0.2) is 4.79 Å². The van der Waals surface area contributed by atoms with Crippen LogP contribution in [0.3, 0.4) is 0 Å². The summed E-state index contributed by atoms with van der Waals surface area (Å²) < 4.78 is 4.78. The Kier molecular flexibility index (Phi) is 5.07. The van der Waals surface area contributed by atoms with Gasteiger partial charge in [-0.2, -0.15) is 5.10 Å². The molecule has 0 aliphatic heterocycles. The molecule has 0 heterocycles. The lowest BCUT2D eigenvalue weighted by molar-refractivity contribution is -0.135. The van der Waals surface area contributed by atoms with Crippen LogP contribution in [0.2, 0.25) is 0 Å². The molecule has 1 aromatic rings. The van der Waals surface area contributed by atoms with Crippen molar-refractivity contribution in [1.29, 1.82) is 0 Å². The molecule has 0 spiro atoms. The van der Waals surface area contributed by atoms with Crippen LogP contribution in [-0.4, -0.2) is 24.5 Å². The fourth-order valence-corrected chi connectivity index (χ4v) is 1.11. The van der Waals surface area contributed by atoms with Gasteiger partial charge in [0.15, 0.2) is 0 Å². The lowest BCUT2D eigenvalue weighted by Crippen LogP contribution is -2.13. The maximum Gasteiger partial charge on any atom is 0.354 e. The molecule has 1 aromatic carbocycles. The van der Waals surface area contributed by atoms with Gasteiger partial charge in [-0.05, 0) is 26.3 Å². The first kappa shape index (κ1) is 13.1. The van der Waals surface area contributed by atoms with Crippen molar-refractivity contribution in [2.45, 2.75) is 20.8 Å². The summed E-state index contributed by atoms with van der Waals surface area (Å²) in [5.41, 5.74) is 2.37. The number of aryl methyl sites for hydroxylation is 1. The fourth-order valence-electron chi connectivity index (χ4n) is 1.11. The maximum absolute atomic E-state index is 11.2. The van der Waals surface area contributed by atoms with Gasteiger partial charge < -0.3 is 4.74 Å². The van der Waals surface area contributed by atoms with E-state index >= 15 is 0 Å². The van der Waals surface area contributed by atoms with Crippen LogP contribution in [0.25, 0.3) is 0 Å². The van der Waals surface area contributed by atoms with E-state index in [-0.39, 0.29) is 5.71 Å². The quantitative estimate of drug-likeness (QED) is 0.454. The molecule has 4 heteroatoms. The zero-order valence-electron chi connectivity index (χ0n) is 10.3. The monoisotopic (exact) mass is 232 g/mol. The minimum Gasteiger partial charge on any atom is -0.461 e. The minimum atomic E-state index is -0.437. The lowest BCUT2D eigenvalue weighted by atomic mass is 10.2. The minimum absolute atomic E-state index is 0.246. The molecule has 0 fully saturated rings. The zero-order valence-corrected chi connectivity index (χ0v) is 10.3. The van der Waals surface area contributed by atoms with Gasteiger partial charge in [0, 0.05) is 0 Å². The van der Waals surface area contributed by atoms with E-state index in [4.69, 9.17) is 4.74 Å². The number of hydrogen-bond donors (Lipinski definition) is 0. The van der Waals surface area contributed by atoms with E-state index in [1.807, 2.05) is 31.2 Å². The van der Waals surface area contributed by atoms with E-state index in [1.54, 1.807) is 20.1 Å². The lowest BCUT2D eigenvalue weighted by Gasteiger charge is -1.97. The number of ether oxygens (including phenoxy) is 1. The van der Waals surface area contributed by atoms with Crippen molar-refractivity contribution in [1.82, 2.24) is 0 Å². The first-order chi connectivity index (χ1) is 8.13. The van der Waals surface area contributed by atoms with Crippen molar-refractivity contribution in [3.63, 3.8) is 0 Å². The average Bonchev–Trinajstić information content (AvgIpc) is 2.32. The summed E-state index contributed by atoms with van der Waals surface area (Å²) >= 11 is 0. The number of carbonyl (C=O) groups is 1. The van der Waals surface area contributed by atoms with Crippen LogP contribution < -0.4 is 0 Å². The second-order valence-corrected chi connectivity index (χ2v) is 3.56. The van der Waals surface area contributed by atoms with Crippen LogP contribution in [0, 0.1) is 6.92 Å². The molecule has 0 atom stereocenters. The highest BCUT2D eigenvalue weighted by Gasteiger charge is 2.04. The summed E-state index contributed by atoms with van der Waals surface area (Å²) in [6.07, 6.45) is 1.60. The molecule has 0 aromatic heterocycles. The Bertz CT molecular complexity index is 433. The molecule has 4 nitrogen and oxygen atoms in total. The molecule has 0 saturated carbocycles. The normalized spacial score (nSPS) is 11.8. The van der Waals surface area contributed by atoms with Crippen LogP contribution in [0.15, 0.2) is 34.5 Å². The van der Waals surface area contributed by atoms with Crippen LogP contribution in [0.5, 0.6) is 0 Å². The summed E-state index contributed by atoms with van der Waals surface area (Å²) in [7, 11) is 0. The largest absolute Gasteiger partial charge is 0.461 e. The van der Waals surface area contributed by atoms with E-state index in [1.165, 1.54) is 5.56 Å². The van der Waals surface area contributed by atoms with E-state index in [9.17, 15) is 4.79 Å². The molecular weight excluding hydrogens is 216 g/mol. The first-order valence-corrected chi connectivity index (χ1v) is 5.45. The highest BCUT2D eigenvalue weighted by Crippen LogP contribution is 2.00. The molecule has 0 amide bonds. The van der Waals surface area contributed by atoms with Crippen molar-refractivity contribution >= 4 is 17.9 Å². The van der Waals surface area contributed by atoms with Gasteiger partial charge in [0.05, 0.1) is 12.8 Å². The Morgan fingerprint density at radius 1 is 1.35 bits per heavy atom. The van der Waals surface area contributed by atoms with Crippen LogP contribution in [-0.2, 0) is 9.53 Å². The van der Waals surface area contributed by atoms with Crippen LogP contribution in [0.4, 0.5) is 0 Å². The van der Waals surface area contributed by atoms with Gasteiger partial charge in [0.2, 0.25) is 0 Å². The summed E-state index contributed by atoms with van der Waals surface area (Å²) in [6.45, 7) is 5.68. The molecule has 0 radical (unpaired) electrons. The van der Waals surface area contributed by atoms with Crippen LogP contribution in [0.1, 0.15) is 25.0 Å². The third-order valence-corrected chi connectivity index (χ3v) is 2.06. The summed E-state index contributed by atoms with van der Waals surface area (Å²) in [5.74, 6) is -0.437. The van der Waals surface area contributed by atoms with Crippen molar-refractivity contribution < 1.29 is 9.53 Å². The standard InChI is InChI=1S/C13H16N2O2/c1-4-17-13(16)11(3)15-14-9-12-7-5-10(2)6-8-12/h5-9H,4H2,1-3H3/b14-9+,15-11+. The first-order valence-electron chi connectivity index (χ1n) is 5.45. The van der Waals surface area contributed by atoms with Crippen molar-refractivity contribution in [2.75, 3.05) is 6.61 Å². The molecule has 0 bridgehead atoms. The number of nitrogens with zero attached hydrogens (tertiary/aromatic N) is 2. The van der Waals surface area contributed by atoms with Crippen molar-refractivity contribution in [3.05, 3.63) is 35.4 Å². The number of rotatable bonds is 4. The van der Waals surface area contributed by atoms with Gasteiger partial charge >= 0.3 is 5.97 Å². The molecule has 0 aliphatic rings. The van der Waals surface area contributed by atoms with Gasteiger partial charge in [-0.15, -0.1) is 5.10 Å². The highest BCUT2D eigenvalue weighted by atomic mass is 16.5.